The SMILES string of the molecule is Cc1c(C=CC(=O)OC(C)(C)C)c(O)n(Nc2ccc(C(F)(F)F)c(Cl)n2)c1O. The molecule has 2 rings (SSSR count). The van der Waals surface area contributed by atoms with Crippen LogP contribution in [0.3, 0.4) is 0 Å². The van der Waals surface area contributed by atoms with E-state index >= 15 is 0 Å². The summed E-state index contributed by atoms with van der Waals surface area (Å²) >= 11 is 5.57. The molecule has 0 aliphatic rings. The summed E-state index contributed by atoms with van der Waals surface area (Å²) in [5, 5.41) is 19.8. The molecule has 2 aromatic heterocycles. The highest BCUT2D eigenvalue weighted by atomic mass is 35.5. The molecule has 0 saturated heterocycles. The number of aromatic nitrogens is 2. The summed E-state index contributed by atoms with van der Waals surface area (Å²) in [5.74, 6) is -1.76. The first-order valence-electron chi connectivity index (χ1n) is 8.25. The first-order chi connectivity index (χ1) is 13.2. The normalized spacial score (nSPS) is 12.4. The zero-order valence-corrected chi connectivity index (χ0v) is 16.7. The van der Waals surface area contributed by atoms with Gasteiger partial charge in [0.15, 0.2) is 0 Å². The van der Waals surface area contributed by atoms with Gasteiger partial charge in [-0.2, -0.15) is 17.8 Å². The monoisotopic (exact) mass is 433 g/mol. The standard InChI is InChI=1S/C18H19ClF3N3O4/c1-9-10(5-8-13(26)29-17(2,3)4)16(28)25(15(9)27)24-12-7-6-11(14(19)23-12)18(20,21)22/h5-8,27-28H,1-4H3,(H,23,24). The zero-order valence-electron chi connectivity index (χ0n) is 15.9. The Morgan fingerprint density at radius 2 is 1.86 bits per heavy atom. The molecule has 0 saturated carbocycles. The molecule has 0 aliphatic carbocycles. The van der Waals surface area contributed by atoms with Crippen molar-refractivity contribution in [3.05, 3.63) is 40.1 Å². The number of pyridine rings is 1. The van der Waals surface area contributed by atoms with Crippen LogP contribution in [0.15, 0.2) is 18.2 Å². The van der Waals surface area contributed by atoms with Gasteiger partial charge in [0, 0.05) is 17.2 Å². The second kappa shape index (κ2) is 7.86. The summed E-state index contributed by atoms with van der Waals surface area (Å²) in [6.45, 7) is 6.54. The zero-order chi connectivity index (χ0) is 22.1. The van der Waals surface area contributed by atoms with Crippen LogP contribution in [0.1, 0.15) is 37.5 Å². The van der Waals surface area contributed by atoms with Gasteiger partial charge in [0.2, 0.25) is 11.8 Å². The lowest BCUT2D eigenvalue weighted by Gasteiger charge is -2.17. The number of carbonyl (C=O) groups excluding carboxylic acids is 1. The number of hydrogen-bond acceptors (Lipinski definition) is 6. The second-order valence-corrected chi connectivity index (χ2v) is 7.39. The van der Waals surface area contributed by atoms with E-state index in [1.807, 2.05) is 0 Å². The number of nitrogens with zero attached hydrogens (tertiary/aromatic N) is 2. The van der Waals surface area contributed by atoms with E-state index in [-0.39, 0.29) is 16.9 Å². The van der Waals surface area contributed by atoms with Gasteiger partial charge in [-0.05, 0) is 45.9 Å². The molecule has 0 atom stereocenters. The highest BCUT2D eigenvalue weighted by Gasteiger charge is 2.34. The van der Waals surface area contributed by atoms with Gasteiger partial charge in [0.05, 0.1) is 5.56 Å². The minimum atomic E-state index is -4.67. The number of halogens is 4. The third-order valence-corrected chi connectivity index (χ3v) is 3.87. The second-order valence-electron chi connectivity index (χ2n) is 7.03. The molecule has 11 heteroatoms. The van der Waals surface area contributed by atoms with E-state index in [1.54, 1.807) is 20.8 Å². The average Bonchev–Trinajstić information content (AvgIpc) is 2.74. The van der Waals surface area contributed by atoms with Crippen molar-refractivity contribution >= 4 is 29.5 Å². The fourth-order valence-corrected chi connectivity index (χ4v) is 2.55. The van der Waals surface area contributed by atoms with Crippen LogP contribution in [0, 0.1) is 6.92 Å². The Kier molecular flexibility index (Phi) is 6.07. The summed E-state index contributed by atoms with van der Waals surface area (Å²) in [6.07, 6.45) is -2.36. The highest BCUT2D eigenvalue weighted by Crippen LogP contribution is 2.36. The van der Waals surface area contributed by atoms with E-state index in [1.165, 1.54) is 13.0 Å². The summed E-state index contributed by atoms with van der Waals surface area (Å²) in [5.41, 5.74) is 0.920. The van der Waals surface area contributed by atoms with Gasteiger partial charge in [-0.1, -0.05) is 11.6 Å². The topological polar surface area (TPSA) is 96.6 Å². The van der Waals surface area contributed by atoms with E-state index in [9.17, 15) is 28.2 Å². The lowest BCUT2D eigenvalue weighted by Crippen LogP contribution is -2.22. The van der Waals surface area contributed by atoms with Crippen LogP contribution in [-0.4, -0.2) is 31.4 Å². The predicted molar refractivity (Wildman–Crippen MR) is 101 cm³/mol. The maximum absolute atomic E-state index is 12.8. The van der Waals surface area contributed by atoms with Crippen LogP contribution >= 0.6 is 11.6 Å². The quantitative estimate of drug-likeness (QED) is 0.373. The smallest absolute Gasteiger partial charge is 0.419 e. The molecular formula is C18H19ClF3N3O4. The molecule has 0 spiro atoms. The van der Waals surface area contributed by atoms with Crippen molar-refractivity contribution in [3.63, 3.8) is 0 Å². The molecular weight excluding hydrogens is 415 g/mol. The van der Waals surface area contributed by atoms with E-state index in [4.69, 9.17) is 16.3 Å². The Hall–Kier alpha value is -2.88. The lowest BCUT2D eigenvalue weighted by atomic mass is 10.2. The summed E-state index contributed by atoms with van der Waals surface area (Å²) < 4.78 is 44.2. The van der Waals surface area contributed by atoms with Crippen molar-refractivity contribution < 1.29 is 32.9 Å². The number of ether oxygens (including phenoxy) is 1. The molecule has 7 nitrogen and oxygen atoms in total. The van der Waals surface area contributed by atoms with Crippen molar-refractivity contribution in [2.45, 2.75) is 39.5 Å². The van der Waals surface area contributed by atoms with Gasteiger partial charge in [-0.25, -0.2) is 9.78 Å². The fraction of sp³-hybridized carbons (Fsp3) is 0.333. The minimum Gasteiger partial charge on any atom is -0.493 e. The number of rotatable bonds is 4. The Balaban J connectivity index is 2.31. The molecule has 158 valence electrons. The number of carbonyl (C=O) groups is 1. The Bertz CT molecular complexity index is 963. The van der Waals surface area contributed by atoms with Crippen LogP contribution < -0.4 is 5.43 Å². The van der Waals surface area contributed by atoms with Crippen molar-refractivity contribution in [2.24, 2.45) is 0 Å². The number of aromatic hydroxyl groups is 2. The number of esters is 1. The number of hydrogen-bond donors (Lipinski definition) is 3. The maximum atomic E-state index is 12.8. The van der Waals surface area contributed by atoms with Crippen molar-refractivity contribution in [3.8, 4) is 11.8 Å². The lowest BCUT2D eigenvalue weighted by molar-refractivity contribution is -0.148. The Morgan fingerprint density at radius 1 is 1.24 bits per heavy atom. The molecule has 2 aromatic rings. The van der Waals surface area contributed by atoms with E-state index in [0.717, 1.165) is 16.8 Å². The molecule has 0 fully saturated rings. The Morgan fingerprint density at radius 3 is 2.38 bits per heavy atom. The van der Waals surface area contributed by atoms with Crippen LogP contribution in [0.4, 0.5) is 19.0 Å². The van der Waals surface area contributed by atoms with Gasteiger partial charge in [-0.15, -0.1) is 0 Å². The highest BCUT2D eigenvalue weighted by molar-refractivity contribution is 6.30. The first kappa shape index (κ1) is 22.4. The van der Waals surface area contributed by atoms with Crippen molar-refractivity contribution in [1.29, 1.82) is 0 Å². The van der Waals surface area contributed by atoms with Gasteiger partial charge in [-0.3, -0.25) is 5.43 Å². The van der Waals surface area contributed by atoms with Crippen molar-refractivity contribution in [2.75, 3.05) is 5.43 Å². The molecule has 0 radical (unpaired) electrons. The fourth-order valence-electron chi connectivity index (χ4n) is 2.29. The molecule has 0 unspecified atom stereocenters. The average molecular weight is 434 g/mol. The largest absolute Gasteiger partial charge is 0.493 e. The number of nitrogens with one attached hydrogen (secondary N) is 1. The van der Waals surface area contributed by atoms with Gasteiger partial charge >= 0.3 is 12.1 Å². The molecule has 29 heavy (non-hydrogen) atoms. The summed E-state index contributed by atoms with van der Waals surface area (Å²) in [7, 11) is 0. The maximum Gasteiger partial charge on any atom is 0.419 e. The van der Waals surface area contributed by atoms with E-state index in [2.05, 4.69) is 10.4 Å². The van der Waals surface area contributed by atoms with Crippen molar-refractivity contribution in [1.82, 2.24) is 9.66 Å². The van der Waals surface area contributed by atoms with Crippen LogP contribution in [0.25, 0.3) is 6.08 Å². The summed E-state index contributed by atoms with van der Waals surface area (Å²) in [6, 6.07) is 1.70. The minimum absolute atomic E-state index is 0.0962. The molecule has 0 bridgehead atoms. The van der Waals surface area contributed by atoms with E-state index in [0.29, 0.717) is 6.07 Å². The first-order valence-corrected chi connectivity index (χ1v) is 8.63. The molecule has 0 aliphatic heterocycles. The molecule has 3 N–H and O–H groups in total. The number of anilines is 1. The van der Waals surface area contributed by atoms with Gasteiger partial charge in [0.25, 0.3) is 0 Å². The Labute approximate surface area is 169 Å². The molecule has 0 amide bonds. The van der Waals surface area contributed by atoms with Crippen LogP contribution in [-0.2, 0) is 15.7 Å². The summed E-state index contributed by atoms with van der Waals surface area (Å²) in [4.78, 5) is 15.4. The third kappa shape index (κ3) is 5.35. The molecule has 2 heterocycles. The predicted octanol–water partition coefficient (Wildman–Crippen LogP) is 4.51. The van der Waals surface area contributed by atoms with Crippen LogP contribution in [0.2, 0.25) is 5.15 Å². The van der Waals surface area contributed by atoms with Gasteiger partial charge in [0.1, 0.15) is 16.6 Å². The molecule has 0 aromatic carbocycles. The third-order valence-electron chi connectivity index (χ3n) is 3.58. The van der Waals surface area contributed by atoms with Gasteiger partial charge < -0.3 is 14.9 Å². The van der Waals surface area contributed by atoms with Crippen LogP contribution in [0.5, 0.6) is 11.8 Å². The number of alkyl halides is 3. The van der Waals surface area contributed by atoms with E-state index < -0.39 is 40.2 Å².